The van der Waals surface area contributed by atoms with Crippen LogP contribution in [0, 0.1) is 13.8 Å². The summed E-state index contributed by atoms with van der Waals surface area (Å²) in [5.74, 6) is -0.681. The van der Waals surface area contributed by atoms with Gasteiger partial charge < -0.3 is 10.2 Å². The van der Waals surface area contributed by atoms with Crippen molar-refractivity contribution in [2.24, 2.45) is 0 Å². The molecule has 234 valence electrons. The van der Waals surface area contributed by atoms with Crippen LogP contribution in [0.25, 0.3) is 0 Å². The van der Waals surface area contributed by atoms with E-state index in [9.17, 15) is 18.0 Å². The van der Waals surface area contributed by atoms with Crippen LogP contribution in [0.4, 0.5) is 5.69 Å². The molecule has 1 fully saturated rings. The Balaban J connectivity index is 1.56. The first-order valence-corrected chi connectivity index (χ1v) is 17.0. The van der Waals surface area contributed by atoms with E-state index in [0.717, 1.165) is 47.9 Å². The summed E-state index contributed by atoms with van der Waals surface area (Å²) in [5, 5.41) is 3.21. The van der Waals surface area contributed by atoms with Crippen molar-refractivity contribution in [1.29, 1.82) is 0 Å². The van der Waals surface area contributed by atoms with Gasteiger partial charge >= 0.3 is 0 Å². The Kier molecular flexibility index (Phi) is 10.4. The number of nitrogens with one attached hydrogen (secondary N) is 1. The molecule has 8 heteroatoms. The molecule has 0 heterocycles. The third kappa shape index (κ3) is 8.00. The lowest BCUT2D eigenvalue weighted by Crippen LogP contribution is -2.54. The number of sulfonamides is 1. The van der Waals surface area contributed by atoms with Gasteiger partial charge in [0.1, 0.15) is 12.6 Å². The molecule has 1 aliphatic carbocycles. The first kappa shape index (κ1) is 32.0. The predicted molar refractivity (Wildman–Crippen MR) is 178 cm³/mol. The Morgan fingerprint density at radius 2 is 1.36 bits per heavy atom. The van der Waals surface area contributed by atoms with Crippen LogP contribution in [0.2, 0.25) is 0 Å². The lowest BCUT2D eigenvalue weighted by molar-refractivity contribution is -0.140. The minimum absolute atomic E-state index is 0.0647. The number of carbonyl (C=O) groups excluding carboxylic acids is 2. The molecule has 1 saturated carbocycles. The van der Waals surface area contributed by atoms with Gasteiger partial charge in [0.2, 0.25) is 11.8 Å². The summed E-state index contributed by atoms with van der Waals surface area (Å²) < 4.78 is 29.6. The van der Waals surface area contributed by atoms with Crippen molar-refractivity contribution in [3.8, 4) is 0 Å². The van der Waals surface area contributed by atoms with Crippen LogP contribution in [0.5, 0.6) is 0 Å². The van der Waals surface area contributed by atoms with Crippen molar-refractivity contribution in [2.75, 3.05) is 10.8 Å². The molecule has 4 aromatic rings. The summed E-state index contributed by atoms with van der Waals surface area (Å²) in [7, 11) is -4.13. The zero-order chi connectivity index (χ0) is 31.8. The molecule has 7 nitrogen and oxygen atoms in total. The van der Waals surface area contributed by atoms with Gasteiger partial charge in [-0.15, -0.1) is 0 Å². The molecule has 5 rings (SSSR count). The highest BCUT2D eigenvalue weighted by Crippen LogP contribution is 2.28. The number of anilines is 1. The Bertz CT molecular complexity index is 1690. The van der Waals surface area contributed by atoms with Gasteiger partial charge in [-0.25, -0.2) is 8.42 Å². The van der Waals surface area contributed by atoms with Crippen LogP contribution < -0.4 is 9.62 Å². The highest BCUT2D eigenvalue weighted by molar-refractivity contribution is 7.92. The zero-order valence-corrected chi connectivity index (χ0v) is 26.7. The third-order valence-electron chi connectivity index (χ3n) is 8.44. The molecule has 0 spiro atoms. The molecular weight excluding hydrogens is 582 g/mol. The number of hydrogen-bond donors (Lipinski definition) is 1. The topological polar surface area (TPSA) is 86.8 Å². The maximum atomic E-state index is 14.6. The lowest BCUT2D eigenvalue weighted by atomic mass is 10.0. The van der Waals surface area contributed by atoms with Crippen LogP contribution >= 0.6 is 0 Å². The summed E-state index contributed by atoms with van der Waals surface area (Å²) in [6.07, 6.45) is 4.23. The van der Waals surface area contributed by atoms with Gasteiger partial charge in [0.05, 0.1) is 10.6 Å². The Hall–Kier alpha value is -4.43. The summed E-state index contributed by atoms with van der Waals surface area (Å²) in [4.78, 5) is 30.3. The van der Waals surface area contributed by atoms with Crippen molar-refractivity contribution in [1.82, 2.24) is 10.2 Å². The number of carbonyl (C=O) groups is 2. The smallest absolute Gasteiger partial charge is 0.264 e. The Labute approximate surface area is 266 Å². The number of rotatable bonds is 12. The van der Waals surface area contributed by atoms with Gasteiger partial charge in [-0.2, -0.15) is 0 Å². The van der Waals surface area contributed by atoms with Gasteiger partial charge in [-0.05, 0) is 61.6 Å². The molecule has 1 aliphatic rings. The van der Waals surface area contributed by atoms with Gasteiger partial charge in [-0.3, -0.25) is 13.9 Å². The van der Waals surface area contributed by atoms with E-state index in [1.807, 2.05) is 86.6 Å². The number of hydrogen-bond acceptors (Lipinski definition) is 4. The second-order valence-electron chi connectivity index (χ2n) is 11.8. The molecular formula is C37H41N3O4S. The molecule has 0 bridgehead atoms. The van der Waals surface area contributed by atoms with E-state index < -0.39 is 28.5 Å². The Morgan fingerprint density at radius 3 is 1.98 bits per heavy atom. The van der Waals surface area contributed by atoms with E-state index in [4.69, 9.17) is 0 Å². The second kappa shape index (κ2) is 14.6. The molecule has 1 unspecified atom stereocenters. The maximum Gasteiger partial charge on any atom is 0.264 e. The van der Waals surface area contributed by atoms with Crippen LogP contribution in [-0.4, -0.2) is 43.8 Å². The van der Waals surface area contributed by atoms with Gasteiger partial charge in [-0.1, -0.05) is 109 Å². The second-order valence-corrected chi connectivity index (χ2v) is 13.7. The van der Waals surface area contributed by atoms with E-state index in [0.29, 0.717) is 12.1 Å². The Morgan fingerprint density at radius 1 is 0.778 bits per heavy atom. The molecule has 0 saturated heterocycles. The minimum atomic E-state index is -4.13. The van der Waals surface area contributed by atoms with Crippen molar-refractivity contribution >= 4 is 27.5 Å². The average Bonchev–Trinajstić information content (AvgIpc) is 3.56. The van der Waals surface area contributed by atoms with E-state index in [1.165, 1.54) is 4.31 Å². The first-order valence-electron chi connectivity index (χ1n) is 15.5. The van der Waals surface area contributed by atoms with Gasteiger partial charge in [0, 0.05) is 19.0 Å². The molecule has 1 N–H and O–H groups in total. The average molecular weight is 624 g/mol. The highest BCUT2D eigenvalue weighted by Gasteiger charge is 2.35. The zero-order valence-electron chi connectivity index (χ0n) is 25.9. The van der Waals surface area contributed by atoms with E-state index in [-0.39, 0.29) is 23.4 Å². The highest BCUT2D eigenvalue weighted by atomic mass is 32.2. The number of aryl methyl sites for hydroxylation is 2. The van der Waals surface area contributed by atoms with Crippen LogP contribution in [0.1, 0.15) is 47.9 Å². The minimum Gasteiger partial charge on any atom is -0.352 e. The molecule has 0 radical (unpaired) electrons. The molecule has 4 aromatic carbocycles. The molecule has 1 atom stereocenters. The number of benzene rings is 4. The van der Waals surface area contributed by atoms with Gasteiger partial charge in [0.25, 0.3) is 10.0 Å². The fourth-order valence-corrected chi connectivity index (χ4v) is 7.37. The molecule has 0 aromatic heterocycles. The SMILES string of the molecule is Cc1ccc(S(=O)(=O)N(CC(=O)N(Cc2ccccc2)C(Cc2ccccc2)C(=O)NC2CCCC2)c2ccccc2C)cc1. The third-order valence-corrected chi connectivity index (χ3v) is 10.2. The maximum absolute atomic E-state index is 14.6. The predicted octanol–water partition coefficient (Wildman–Crippen LogP) is 6.20. The largest absolute Gasteiger partial charge is 0.352 e. The molecule has 2 amide bonds. The fourth-order valence-electron chi connectivity index (χ4n) is 5.90. The summed E-state index contributed by atoms with van der Waals surface area (Å²) in [6, 6.07) is 32.1. The molecule has 45 heavy (non-hydrogen) atoms. The van der Waals surface area contributed by atoms with Crippen molar-refractivity contribution in [2.45, 2.75) is 69.5 Å². The van der Waals surface area contributed by atoms with Crippen molar-refractivity contribution in [3.05, 3.63) is 131 Å². The number of nitrogens with zero attached hydrogens (tertiary/aromatic N) is 2. The van der Waals surface area contributed by atoms with Crippen LogP contribution in [-0.2, 0) is 32.6 Å². The van der Waals surface area contributed by atoms with E-state index in [1.54, 1.807) is 41.3 Å². The van der Waals surface area contributed by atoms with Crippen molar-refractivity contribution in [3.63, 3.8) is 0 Å². The van der Waals surface area contributed by atoms with E-state index >= 15 is 0 Å². The van der Waals surface area contributed by atoms with Crippen molar-refractivity contribution < 1.29 is 18.0 Å². The van der Waals surface area contributed by atoms with Gasteiger partial charge in [0.15, 0.2) is 0 Å². The normalized spacial score (nSPS) is 14.1. The van der Waals surface area contributed by atoms with Crippen LogP contribution in [0.15, 0.2) is 114 Å². The number of para-hydroxylation sites is 1. The summed E-state index contributed by atoms with van der Waals surface area (Å²) in [6.45, 7) is 3.41. The lowest BCUT2D eigenvalue weighted by Gasteiger charge is -2.34. The van der Waals surface area contributed by atoms with E-state index in [2.05, 4.69) is 5.32 Å². The summed E-state index contributed by atoms with van der Waals surface area (Å²) in [5.41, 5.74) is 3.83. The van der Waals surface area contributed by atoms with Crippen LogP contribution in [0.3, 0.4) is 0 Å². The fraction of sp³-hybridized carbons (Fsp3) is 0.297. The molecule has 0 aliphatic heterocycles. The summed E-state index contributed by atoms with van der Waals surface area (Å²) >= 11 is 0. The monoisotopic (exact) mass is 623 g/mol. The number of amides is 2. The quantitative estimate of drug-likeness (QED) is 0.204. The first-order chi connectivity index (χ1) is 21.7. The standard InChI is InChI=1S/C37H41N3O4S/c1-28-21-23-33(24-22-28)45(43,44)40(34-20-12-9-13-29(34)2)27-36(41)39(26-31-16-7-4-8-17-31)35(25-30-14-5-3-6-15-30)37(42)38-32-18-10-11-19-32/h3-9,12-17,20-24,32,35H,10-11,18-19,25-27H2,1-2H3,(H,38,42).